The molecule has 0 fully saturated rings. The van der Waals surface area contributed by atoms with Crippen molar-refractivity contribution in [3.05, 3.63) is 129 Å². The standard InChI is InChI=1S/C31H29.C13H21.C3H6.2ClH.Zr/c1-18-11-20(3)30(21(4)12-18)24-7-9-28-26(15-24)17-27-16-25(8-10-29(27)28)31-22(5)13-19(2)14-23(31)6;1-5-6-7-11-8-9-12(10-11)13(2,3)4;1-3-2;;;/h7-15H,17H2,1-6H3;9-11H,5-7H2,1-4H3;1-2H3;2*1H;/q2*-1;;;;+2/p-2. The summed E-state index contributed by atoms with van der Waals surface area (Å²) in [5.74, 6) is 0.592. The molecule has 0 radical (unpaired) electrons. The number of hydrogen-bond donors (Lipinski definition) is 0. The van der Waals surface area contributed by atoms with Crippen molar-refractivity contribution in [3.8, 4) is 33.4 Å². The van der Waals surface area contributed by atoms with Crippen molar-refractivity contribution in [1.29, 1.82) is 0 Å². The smallest absolute Gasteiger partial charge is 0.0125 e. The molecule has 50 heavy (non-hydrogen) atoms. The van der Waals surface area contributed by atoms with E-state index in [-0.39, 0.29) is 24.8 Å². The summed E-state index contributed by atoms with van der Waals surface area (Å²) in [5.41, 5.74) is 20.5. The second-order valence-electron chi connectivity index (χ2n) is 15.3. The zero-order valence-electron chi connectivity index (χ0n) is 32.5. The van der Waals surface area contributed by atoms with Gasteiger partial charge in [0.2, 0.25) is 0 Å². The first kappa shape index (κ1) is 43.9. The second kappa shape index (κ2) is 19.0. The summed E-state index contributed by atoms with van der Waals surface area (Å²) < 4.78 is 1.51. The van der Waals surface area contributed by atoms with Gasteiger partial charge in [-0.05, 0) is 75.8 Å². The van der Waals surface area contributed by atoms with Crippen LogP contribution in [0.15, 0.2) is 72.3 Å². The van der Waals surface area contributed by atoms with Gasteiger partial charge in [0.05, 0.1) is 0 Å². The Morgan fingerprint density at radius 3 is 1.78 bits per heavy atom. The molecule has 1 atom stereocenters. The van der Waals surface area contributed by atoms with Crippen LogP contribution in [-0.2, 0) is 30.7 Å². The number of aryl methyl sites for hydroxylation is 6. The molecule has 0 N–H and O–H groups in total. The normalized spacial score (nSPS) is 13.8. The Hall–Kier alpha value is -2.31. The second-order valence-corrected chi connectivity index (χ2v) is 17.8. The average Bonchev–Trinajstić information content (AvgIpc) is 3.59. The number of allylic oxidation sites excluding steroid dienone is 4. The summed E-state index contributed by atoms with van der Waals surface area (Å²) in [6, 6.07) is 24.5. The van der Waals surface area contributed by atoms with Gasteiger partial charge >= 0.3 is 41.3 Å². The Morgan fingerprint density at radius 2 is 1.28 bits per heavy atom. The van der Waals surface area contributed by atoms with Crippen molar-refractivity contribution >= 4 is 3.21 Å². The maximum Gasteiger partial charge on any atom is -0.0125 e. The van der Waals surface area contributed by atoms with Crippen molar-refractivity contribution in [2.24, 2.45) is 11.3 Å². The fourth-order valence-electron chi connectivity index (χ4n) is 7.23. The molecule has 2 aliphatic rings. The molecule has 0 amide bonds. The molecule has 0 aliphatic heterocycles. The summed E-state index contributed by atoms with van der Waals surface area (Å²) in [6.07, 6.45) is 12.8. The SMILES string of the molecule is CCCCC1[C-]=CC(C(C)(C)C)=C1.C[C](C)=[Zr+2].Cc1cc(C)c(-c2[c-]c3c(cc2)-c2ccc(-c4c(C)cc(C)cc4C)cc2C3)c(C)c1.[Cl-].[Cl-]. The van der Waals surface area contributed by atoms with Gasteiger partial charge in [0.25, 0.3) is 0 Å². The Balaban J connectivity index is 0.000000384. The molecule has 0 spiro atoms. The van der Waals surface area contributed by atoms with Crippen LogP contribution in [0, 0.1) is 65.0 Å². The Kier molecular flexibility index (Phi) is 16.6. The molecule has 2 aliphatic carbocycles. The summed E-state index contributed by atoms with van der Waals surface area (Å²) >= 11 is 1.55. The number of halogens is 2. The topological polar surface area (TPSA) is 0 Å². The molecule has 4 aromatic rings. The summed E-state index contributed by atoms with van der Waals surface area (Å²) in [7, 11) is 0. The maximum absolute atomic E-state index is 3.78. The molecular formula is C47H56Cl2Zr-2. The van der Waals surface area contributed by atoms with Crippen molar-refractivity contribution in [2.45, 2.75) is 109 Å². The van der Waals surface area contributed by atoms with E-state index in [1.165, 1.54) is 106 Å². The fraction of sp³-hybridized carbons (Fsp3) is 0.383. The molecule has 0 nitrogen and oxygen atoms in total. The first-order valence-electron chi connectivity index (χ1n) is 17.8. The molecular weight excluding hydrogens is 727 g/mol. The van der Waals surface area contributed by atoms with E-state index in [9.17, 15) is 0 Å². The molecule has 0 saturated carbocycles. The van der Waals surface area contributed by atoms with Crippen molar-refractivity contribution in [1.82, 2.24) is 0 Å². The minimum Gasteiger partial charge on any atom is -1.00 e. The molecule has 3 heteroatoms. The van der Waals surface area contributed by atoms with E-state index in [2.05, 4.69) is 162 Å². The monoisotopic (exact) mass is 780 g/mol. The van der Waals surface area contributed by atoms with Gasteiger partial charge in [-0.1, -0.05) is 140 Å². The van der Waals surface area contributed by atoms with Crippen molar-refractivity contribution in [2.75, 3.05) is 0 Å². The molecule has 0 bridgehead atoms. The number of hydrogen-bond acceptors (Lipinski definition) is 0. The average molecular weight is 783 g/mol. The summed E-state index contributed by atoms with van der Waals surface area (Å²) in [4.78, 5) is 0. The van der Waals surface area contributed by atoms with Crippen LogP contribution >= 0.6 is 0 Å². The zero-order valence-corrected chi connectivity index (χ0v) is 36.5. The Labute approximate surface area is 332 Å². The van der Waals surface area contributed by atoms with E-state index in [0.29, 0.717) is 11.3 Å². The third-order valence-corrected chi connectivity index (χ3v) is 9.27. The van der Waals surface area contributed by atoms with Crippen LogP contribution < -0.4 is 24.8 Å². The molecule has 0 saturated heterocycles. The third kappa shape index (κ3) is 11.1. The number of unbranched alkanes of at least 4 members (excludes halogenated alkanes) is 1. The van der Waals surface area contributed by atoms with Crippen LogP contribution in [0.5, 0.6) is 0 Å². The van der Waals surface area contributed by atoms with Gasteiger partial charge < -0.3 is 24.8 Å². The largest absolute Gasteiger partial charge is 1.00 e. The molecule has 4 aromatic carbocycles. The van der Waals surface area contributed by atoms with Crippen molar-refractivity contribution in [3.63, 3.8) is 0 Å². The fourth-order valence-corrected chi connectivity index (χ4v) is 7.23. The van der Waals surface area contributed by atoms with E-state index >= 15 is 0 Å². The van der Waals surface area contributed by atoms with E-state index in [0.717, 1.165) is 6.42 Å². The van der Waals surface area contributed by atoms with Gasteiger partial charge in [0.1, 0.15) is 0 Å². The van der Waals surface area contributed by atoms with Gasteiger partial charge in [-0.2, -0.15) is 11.6 Å². The summed E-state index contributed by atoms with van der Waals surface area (Å²) in [6.45, 7) is 26.5. The van der Waals surface area contributed by atoms with Crippen LogP contribution in [0.2, 0.25) is 0 Å². The maximum atomic E-state index is 3.78. The van der Waals surface area contributed by atoms with E-state index in [1.54, 1.807) is 24.2 Å². The Bertz CT molecular complexity index is 1710. The third-order valence-electron chi connectivity index (χ3n) is 9.27. The molecule has 0 heterocycles. The first-order valence-corrected chi connectivity index (χ1v) is 19.0. The predicted molar refractivity (Wildman–Crippen MR) is 208 cm³/mol. The van der Waals surface area contributed by atoms with Gasteiger partial charge in [-0.3, -0.25) is 6.08 Å². The first-order chi connectivity index (χ1) is 22.6. The van der Waals surface area contributed by atoms with E-state index in [4.69, 9.17) is 0 Å². The van der Waals surface area contributed by atoms with E-state index in [1.807, 2.05) is 0 Å². The van der Waals surface area contributed by atoms with Gasteiger partial charge in [0, 0.05) is 0 Å². The van der Waals surface area contributed by atoms with Crippen LogP contribution in [0.25, 0.3) is 33.4 Å². The molecule has 0 aromatic heterocycles. The Morgan fingerprint density at radius 1 is 0.760 bits per heavy atom. The minimum atomic E-state index is 0. The van der Waals surface area contributed by atoms with E-state index < -0.39 is 0 Å². The summed E-state index contributed by atoms with van der Waals surface area (Å²) in [5, 5.41) is 0. The number of benzene rings is 4. The van der Waals surface area contributed by atoms with Crippen LogP contribution in [0.4, 0.5) is 0 Å². The van der Waals surface area contributed by atoms with Crippen molar-refractivity contribution < 1.29 is 49.0 Å². The molecule has 264 valence electrons. The predicted octanol–water partition coefficient (Wildman–Crippen LogP) is 7.13. The molecule has 1 unspecified atom stereocenters. The molecule has 6 rings (SSSR count). The van der Waals surface area contributed by atoms with Gasteiger partial charge in [0.15, 0.2) is 0 Å². The quantitative estimate of drug-likeness (QED) is 0.167. The number of rotatable bonds is 5. The van der Waals surface area contributed by atoms with Crippen LogP contribution in [0.1, 0.15) is 105 Å². The van der Waals surface area contributed by atoms with Gasteiger partial charge in [-0.25, -0.2) is 6.08 Å². The minimum absolute atomic E-state index is 0. The van der Waals surface area contributed by atoms with Crippen LogP contribution in [-0.4, -0.2) is 3.21 Å². The number of fused-ring (bicyclic) bond motifs is 3. The van der Waals surface area contributed by atoms with Crippen LogP contribution in [0.3, 0.4) is 0 Å². The zero-order chi connectivity index (χ0) is 35.3. The van der Waals surface area contributed by atoms with Gasteiger partial charge in [-0.15, -0.1) is 29.3 Å².